The van der Waals surface area contributed by atoms with Gasteiger partial charge in [-0.15, -0.1) is 0 Å². The fourth-order valence-electron chi connectivity index (χ4n) is 6.24. The van der Waals surface area contributed by atoms with Crippen LogP contribution in [-0.4, -0.2) is 31.2 Å². The van der Waals surface area contributed by atoms with Gasteiger partial charge in [-0.05, 0) is 91.0 Å². The summed E-state index contributed by atoms with van der Waals surface area (Å²) in [5, 5.41) is 10.1. The van der Waals surface area contributed by atoms with Crippen LogP contribution in [0.3, 0.4) is 0 Å². The zero-order chi connectivity index (χ0) is 25.0. The molecule has 2 atom stereocenters. The van der Waals surface area contributed by atoms with E-state index in [2.05, 4.69) is 60.7 Å². The third-order valence-electron chi connectivity index (χ3n) is 8.06. The van der Waals surface area contributed by atoms with Gasteiger partial charge in [-0.1, -0.05) is 48.5 Å². The van der Waals surface area contributed by atoms with Crippen LogP contribution in [-0.2, 0) is 15.9 Å². The standard InChI is InChI=1S/C32H38O4/c1-3-36-32(34-2)21-23(22-32)8-7-19-35-28-15-11-25(12-16-28)31-29(24-9-5-4-6-10-24)17-13-26-20-27(33)14-18-30(26)31/h4-6,9-12,14-16,18,20,23,29,31,33H,3,7-8,13,17,19,21-22H2,1-2H3. The Kier molecular flexibility index (Phi) is 7.64. The Labute approximate surface area is 215 Å². The SMILES string of the molecule is CCOC1(OC)CC(CCCOc2ccc(C3c4ccc(O)cc4CCC3c3ccccc3)cc2)C1. The summed E-state index contributed by atoms with van der Waals surface area (Å²) in [6, 6.07) is 25.4. The molecule has 3 aromatic carbocycles. The topological polar surface area (TPSA) is 47.9 Å². The molecule has 0 amide bonds. The number of rotatable bonds is 10. The highest BCUT2D eigenvalue weighted by atomic mass is 16.7. The van der Waals surface area contributed by atoms with Crippen LogP contribution >= 0.6 is 0 Å². The van der Waals surface area contributed by atoms with Gasteiger partial charge in [-0.3, -0.25) is 0 Å². The zero-order valence-electron chi connectivity index (χ0n) is 21.5. The highest BCUT2D eigenvalue weighted by Gasteiger charge is 2.45. The van der Waals surface area contributed by atoms with E-state index >= 15 is 0 Å². The summed E-state index contributed by atoms with van der Waals surface area (Å²) < 4.78 is 17.5. The summed E-state index contributed by atoms with van der Waals surface area (Å²) in [7, 11) is 1.75. The Morgan fingerprint density at radius 1 is 0.944 bits per heavy atom. The van der Waals surface area contributed by atoms with E-state index in [-0.39, 0.29) is 11.7 Å². The summed E-state index contributed by atoms with van der Waals surface area (Å²) in [5.74, 6) is 2.25. The number of phenolic OH excluding ortho intramolecular Hbond substituents is 1. The van der Waals surface area contributed by atoms with Crippen molar-refractivity contribution in [1.29, 1.82) is 0 Å². The maximum Gasteiger partial charge on any atom is 0.168 e. The Morgan fingerprint density at radius 3 is 2.44 bits per heavy atom. The van der Waals surface area contributed by atoms with Crippen molar-refractivity contribution in [2.24, 2.45) is 5.92 Å². The largest absolute Gasteiger partial charge is 0.508 e. The second-order valence-corrected chi connectivity index (χ2v) is 10.3. The van der Waals surface area contributed by atoms with Crippen molar-refractivity contribution in [3.8, 4) is 11.5 Å². The van der Waals surface area contributed by atoms with E-state index in [1.165, 1.54) is 22.3 Å². The van der Waals surface area contributed by atoms with Gasteiger partial charge in [0.15, 0.2) is 5.79 Å². The predicted molar refractivity (Wildman–Crippen MR) is 143 cm³/mol. The number of aryl methyl sites for hydroxylation is 1. The molecule has 1 saturated carbocycles. The first-order valence-corrected chi connectivity index (χ1v) is 13.4. The lowest BCUT2D eigenvalue weighted by atomic mass is 9.69. The lowest BCUT2D eigenvalue weighted by molar-refractivity contribution is -0.281. The van der Waals surface area contributed by atoms with Crippen molar-refractivity contribution < 1.29 is 19.3 Å². The number of phenols is 1. The molecule has 2 unspecified atom stereocenters. The molecular formula is C32H38O4. The third-order valence-corrected chi connectivity index (χ3v) is 8.06. The Bertz CT molecular complexity index is 1120. The van der Waals surface area contributed by atoms with Crippen LogP contribution in [0.4, 0.5) is 0 Å². The number of methoxy groups -OCH3 is 1. The zero-order valence-corrected chi connectivity index (χ0v) is 21.5. The first kappa shape index (κ1) is 24.9. The maximum absolute atomic E-state index is 10.1. The van der Waals surface area contributed by atoms with Crippen LogP contribution in [0, 0.1) is 5.92 Å². The predicted octanol–water partition coefficient (Wildman–Crippen LogP) is 7.20. The van der Waals surface area contributed by atoms with Crippen LogP contribution < -0.4 is 4.74 Å². The maximum atomic E-state index is 10.1. The molecule has 2 aliphatic rings. The van der Waals surface area contributed by atoms with E-state index in [1.807, 2.05) is 19.1 Å². The molecule has 4 nitrogen and oxygen atoms in total. The fraction of sp³-hybridized carbons (Fsp3) is 0.438. The normalized spacial score (nSPS) is 25.1. The highest BCUT2D eigenvalue weighted by Crippen LogP contribution is 2.47. The second-order valence-electron chi connectivity index (χ2n) is 10.3. The Hall–Kier alpha value is -2.82. The average Bonchev–Trinajstić information content (AvgIpc) is 2.89. The molecule has 1 N–H and O–H groups in total. The smallest absolute Gasteiger partial charge is 0.168 e. The fourth-order valence-corrected chi connectivity index (χ4v) is 6.24. The van der Waals surface area contributed by atoms with Crippen molar-refractivity contribution >= 4 is 0 Å². The van der Waals surface area contributed by atoms with Crippen LogP contribution in [0.2, 0.25) is 0 Å². The van der Waals surface area contributed by atoms with E-state index in [0.717, 1.165) is 50.9 Å². The first-order valence-electron chi connectivity index (χ1n) is 13.4. The van der Waals surface area contributed by atoms with Gasteiger partial charge in [0, 0.05) is 32.5 Å². The molecule has 0 saturated heterocycles. The molecule has 0 radical (unpaired) electrons. The van der Waals surface area contributed by atoms with Gasteiger partial charge < -0.3 is 19.3 Å². The number of ether oxygens (including phenoxy) is 3. The molecule has 0 aliphatic heterocycles. The number of hydrogen-bond donors (Lipinski definition) is 1. The minimum Gasteiger partial charge on any atom is -0.508 e. The van der Waals surface area contributed by atoms with Crippen molar-refractivity contribution in [2.45, 2.75) is 63.1 Å². The minimum absolute atomic E-state index is 0.260. The molecular weight excluding hydrogens is 448 g/mol. The summed E-state index contributed by atoms with van der Waals surface area (Å²) >= 11 is 0. The molecule has 0 heterocycles. The summed E-state index contributed by atoms with van der Waals surface area (Å²) in [4.78, 5) is 0. The summed E-state index contributed by atoms with van der Waals surface area (Å²) in [6.07, 6.45) is 6.19. The number of fused-ring (bicyclic) bond motifs is 1. The molecule has 0 aromatic heterocycles. The van der Waals surface area contributed by atoms with Crippen LogP contribution in [0.25, 0.3) is 0 Å². The number of hydrogen-bond acceptors (Lipinski definition) is 4. The Morgan fingerprint density at radius 2 is 1.72 bits per heavy atom. The van der Waals surface area contributed by atoms with Gasteiger partial charge in [-0.25, -0.2) is 0 Å². The van der Waals surface area contributed by atoms with Crippen LogP contribution in [0.1, 0.15) is 73.1 Å². The minimum atomic E-state index is -0.343. The van der Waals surface area contributed by atoms with Crippen molar-refractivity contribution in [1.82, 2.24) is 0 Å². The van der Waals surface area contributed by atoms with Crippen molar-refractivity contribution in [3.05, 3.63) is 95.1 Å². The van der Waals surface area contributed by atoms with Gasteiger partial charge in [0.1, 0.15) is 11.5 Å². The quantitative estimate of drug-likeness (QED) is 0.243. The van der Waals surface area contributed by atoms with Crippen LogP contribution in [0.5, 0.6) is 11.5 Å². The van der Waals surface area contributed by atoms with Crippen LogP contribution in [0.15, 0.2) is 72.8 Å². The lowest BCUT2D eigenvalue weighted by Crippen LogP contribution is -2.48. The van der Waals surface area contributed by atoms with Crippen molar-refractivity contribution in [3.63, 3.8) is 0 Å². The van der Waals surface area contributed by atoms with Gasteiger partial charge in [0.25, 0.3) is 0 Å². The van der Waals surface area contributed by atoms with Gasteiger partial charge >= 0.3 is 0 Å². The van der Waals surface area contributed by atoms with Gasteiger partial charge in [0.05, 0.1) is 6.61 Å². The summed E-state index contributed by atoms with van der Waals surface area (Å²) in [6.45, 7) is 3.44. The number of benzene rings is 3. The molecule has 36 heavy (non-hydrogen) atoms. The third kappa shape index (κ3) is 5.30. The van der Waals surface area contributed by atoms with E-state index in [1.54, 1.807) is 7.11 Å². The Balaban J connectivity index is 1.22. The van der Waals surface area contributed by atoms with Crippen molar-refractivity contribution in [2.75, 3.05) is 20.3 Å². The highest BCUT2D eigenvalue weighted by molar-refractivity contribution is 5.48. The van der Waals surface area contributed by atoms with E-state index in [0.29, 0.717) is 24.2 Å². The van der Waals surface area contributed by atoms with Gasteiger partial charge in [0.2, 0.25) is 0 Å². The van der Waals surface area contributed by atoms with E-state index < -0.39 is 0 Å². The van der Waals surface area contributed by atoms with Gasteiger partial charge in [-0.2, -0.15) is 0 Å². The summed E-state index contributed by atoms with van der Waals surface area (Å²) in [5.41, 5.74) is 5.25. The van der Waals surface area contributed by atoms with E-state index in [4.69, 9.17) is 14.2 Å². The molecule has 4 heteroatoms. The molecule has 3 aromatic rings. The number of aromatic hydroxyl groups is 1. The molecule has 190 valence electrons. The molecule has 0 spiro atoms. The monoisotopic (exact) mass is 486 g/mol. The molecule has 5 rings (SSSR count). The van der Waals surface area contributed by atoms with E-state index in [9.17, 15) is 5.11 Å². The lowest BCUT2D eigenvalue weighted by Gasteiger charge is -2.46. The average molecular weight is 487 g/mol. The molecule has 2 aliphatic carbocycles. The second kappa shape index (κ2) is 11.1. The molecule has 0 bridgehead atoms. The first-order chi connectivity index (χ1) is 17.6. The molecule has 1 fully saturated rings.